The smallest absolute Gasteiger partial charge is 0.0840 e. The lowest BCUT2D eigenvalue weighted by molar-refractivity contribution is 0.963. The van der Waals surface area contributed by atoms with Crippen LogP contribution < -0.4 is 0 Å². The molecule has 0 spiro atoms. The van der Waals surface area contributed by atoms with Crippen LogP contribution in [0.25, 0.3) is 0 Å². The Bertz CT molecular complexity index is 588. The summed E-state index contributed by atoms with van der Waals surface area (Å²) in [5.41, 5.74) is 8.00. The highest BCUT2D eigenvalue weighted by Gasteiger charge is 2.18. The van der Waals surface area contributed by atoms with E-state index in [0.717, 1.165) is 19.3 Å². The monoisotopic (exact) mass is 300 g/mol. The fraction of sp³-hybridized carbons (Fsp3) is 0.400. The van der Waals surface area contributed by atoms with E-state index in [1.807, 2.05) is 0 Å². The van der Waals surface area contributed by atoms with E-state index in [1.165, 1.54) is 33.4 Å². The lowest BCUT2D eigenvalue weighted by atomic mass is 9.89. The van der Waals surface area contributed by atoms with Gasteiger partial charge < -0.3 is 0 Å². The number of benzene rings is 2. The van der Waals surface area contributed by atoms with Gasteiger partial charge in [0.05, 0.1) is 5.38 Å². The van der Waals surface area contributed by atoms with Crippen molar-refractivity contribution in [1.82, 2.24) is 0 Å². The largest absolute Gasteiger partial charge is 0.113 e. The van der Waals surface area contributed by atoms with Crippen LogP contribution in [0.2, 0.25) is 0 Å². The SMILES string of the molecule is CCc1cc(CC)c(C(Cl)c2cccc(C)c2)c(CC)c1. The number of hydrogen-bond donors (Lipinski definition) is 0. The van der Waals surface area contributed by atoms with Gasteiger partial charge in [0.15, 0.2) is 0 Å². The molecule has 0 radical (unpaired) electrons. The van der Waals surface area contributed by atoms with Crippen molar-refractivity contribution in [2.45, 2.75) is 52.3 Å². The lowest BCUT2D eigenvalue weighted by Gasteiger charge is -2.20. The molecule has 0 nitrogen and oxygen atoms in total. The summed E-state index contributed by atoms with van der Waals surface area (Å²) in [6.07, 6.45) is 3.15. The highest BCUT2D eigenvalue weighted by molar-refractivity contribution is 6.22. The van der Waals surface area contributed by atoms with Crippen LogP contribution in [0.5, 0.6) is 0 Å². The van der Waals surface area contributed by atoms with E-state index in [1.54, 1.807) is 0 Å². The molecule has 112 valence electrons. The van der Waals surface area contributed by atoms with Gasteiger partial charge in [0, 0.05) is 0 Å². The molecule has 0 heterocycles. The molecule has 0 N–H and O–H groups in total. The van der Waals surface area contributed by atoms with Gasteiger partial charge in [-0.25, -0.2) is 0 Å². The van der Waals surface area contributed by atoms with E-state index in [9.17, 15) is 0 Å². The van der Waals surface area contributed by atoms with E-state index in [-0.39, 0.29) is 5.38 Å². The molecule has 0 saturated carbocycles. The third kappa shape index (κ3) is 3.49. The Morgan fingerprint density at radius 1 is 0.905 bits per heavy atom. The standard InChI is InChI=1S/C20H25Cl/c1-5-15-12-16(6-2)19(17(7-3)13-15)20(21)18-10-8-9-14(4)11-18/h8-13,20H,5-7H2,1-4H3. The first-order valence-electron chi connectivity index (χ1n) is 7.95. The van der Waals surface area contributed by atoms with Gasteiger partial charge in [-0.1, -0.05) is 62.7 Å². The maximum absolute atomic E-state index is 6.87. The van der Waals surface area contributed by atoms with Crippen molar-refractivity contribution in [2.24, 2.45) is 0 Å². The quantitative estimate of drug-likeness (QED) is 0.593. The number of aryl methyl sites for hydroxylation is 4. The second-order valence-electron chi connectivity index (χ2n) is 5.67. The van der Waals surface area contributed by atoms with Crippen LogP contribution in [0.15, 0.2) is 36.4 Å². The Morgan fingerprint density at radius 3 is 2.00 bits per heavy atom. The summed E-state index contributed by atoms with van der Waals surface area (Å²) >= 11 is 6.87. The van der Waals surface area contributed by atoms with Gasteiger partial charge in [0.1, 0.15) is 0 Å². The maximum atomic E-state index is 6.87. The number of rotatable bonds is 5. The van der Waals surface area contributed by atoms with Gasteiger partial charge in [-0.3, -0.25) is 0 Å². The molecule has 2 aromatic rings. The zero-order valence-corrected chi connectivity index (χ0v) is 14.3. The normalized spacial score (nSPS) is 12.4. The molecule has 0 aliphatic heterocycles. The van der Waals surface area contributed by atoms with Crippen molar-refractivity contribution in [3.8, 4) is 0 Å². The van der Waals surface area contributed by atoms with Crippen molar-refractivity contribution in [3.63, 3.8) is 0 Å². The van der Waals surface area contributed by atoms with Crippen LogP contribution in [0.4, 0.5) is 0 Å². The Balaban J connectivity index is 2.55. The fourth-order valence-corrected chi connectivity index (χ4v) is 3.38. The molecule has 1 atom stereocenters. The van der Waals surface area contributed by atoms with Gasteiger partial charge in [-0.15, -0.1) is 11.6 Å². The Morgan fingerprint density at radius 2 is 1.52 bits per heavy atom. The Labute approximate surface area is 134 Å². The maximum Gasteiger partial charge on any atom is 0.0840 e. The summed E-state index contributed by atoms with van der Waals surface area (Å²) in [7, 11) is 0. The minimum atomic E-state index is -0.0549. The first-order valence-corrected chi connectivity index (χ1v) is 8.39. The zero-order valence-electron chi connectivity index (χ0n) is 13.5. The van der Waals surface area contributed by atoms with E-state index in [0.29, 0.717) is 0 Å². The second kappa shape index (κ2) is 7.13. The molecular weight excluding hydrogens is 276 g/mol. The minimum Gasteiger partial charge on any atom is -0.113 e. The summed E-state index contributed by atoms with van der Waals surface area (Å²) < 4.78 is 0. The van der Waals surface area contributed by atoms with Crippen LogP contribution in [-0.4, -0.2) is 0 Å². The third-order valence-corrected chi connectivity index (χ3v) is 4.64. The highest BCUT2D eigenvalue weighted by Crippen LogP contribution is 2.35. The molecule has 21 heavy (non-hydrogen) atoms. The van der Waals surface area contributed by atoms with Gasteiger partial charge in [0.2, 0.25) is 0 Å². The van der Waals surface area contributed by atoms with Gasteiger partial charge >= 0.3 is 0 Å². The molecule has 0 bridgehead atoms. The topological polar surface area (TPSA) is 0 Å². The number of halogens is 1. The van der Waals surface area contributed by atoms with Crippen LogP contribution >= 0.6 is 11.6 Å². The van der Waals surface area contributed by atoms with E-state index >= 15 is 0 Å². The first kappa shape index (κ1) is 16.1. The predicted octanol–water partition coefficient (Wildman–Crippen LogP) is 6.01. The molecule has 0 aromatic heterocycles. The van der Waals surface area contributed by atoms with Gasteiger partial charge in [-0.05, 0) is 54.0 Å². The highest BCUT2D eigenvalue weighted by atomic mass is 35.5. The van der Waals surface area contributed by atoms with Crippen molar-refractivity contribution >= 4 is 11.6 Å². The van der Waals surface area contributed by atoms with Crippen LogP contribution in [0.1, 0.15) is 59.5 Å². The third-order valence-electron chi connectivity index (χ3n) is 4.17. The average molecular weight is 301 g/mol. The summed E-state index contributed by atoms with van der Waals surface area (Å²) in [4.78, 5) is 0. The average Bonchev–Trinajstić information content (AvgIpc) is 2.52. The van der Waals surface area contributed by atoms with E-state index in [4.69, 9.17) is 11.6 Å². The molecule has 0 aliphatic rings. The molecule has 0 saturated heterocycles. The zero-order chi connectivity index (χ0) is 15.4. The second-order valence-corrected chi connectivity index (χ2v) is 6.10. The van der Waals surface area contributed by atoms with Gasteiger partial charge in [-0.2, -0.15) is 0 Å². The summed E-state index contributed by atoms with van der Waals surface area (Å²) in [5, 5.41) is -0.0549. The van der Waals surface area contributed by atoms with Crippen molar-refractivity contribution in [1.29, 1.82) is 0 Å². The summed E-state index contributed by atoms with van der Waals surface area (Å²) in [6.45, 7) is 8.77. The fourth-order valence-electron chi connectivity index (χ4n) is 2.96. The molecule has 2 aromatic carbocycles. The van der Waals surface area contributed by atoms with E-state index in [2.05, 4.69) is 64.1 Å². The van der Waals surface area contributed by atoms with Crippen molar-refractivity contribution in [3.05, 3.63) is 69.8 Å². The van der Waals surface area contributed by atoms with Crippen LogP contribution in [0, 0.1) is 6.92 Å². The molecule has 2 rings (SSSR count). The molecule has 0 aliphatic carbocycles. The molecular formula is C20H25Cl. The molecule has 1 heteroatoms. The number of alkyl halides is 1. The van der Waals surface area contributed by atoms with Crippen LogP contribution in [0.3, 0.4) is 0 Å². The van der Waals surface area contributed by atoms with Crippen molar-refractivity contribution in [2.75, 3.05) is 0 Å². The Hall–Kier alpha value is -1.27. The molecule has 0 fully saturated rings. The molecule has 0 amide bonds. The molecule has 1 unspecified atom stereocenters. The summed E-state index contributed by atoms with van der Waals surface area (Å²) in [6, 6.07) is 13.2. The minimum absolute atomic E-state index is 0.0549. The lowest BCUT2D eigenvalue weighted by Crippen LogP contribution is -2.05. The van der Waals surface area contributed by atoms with Gasteiger partial charge in [0.25, 0.3) is 0 Å². The summed E-state index contributed by atoms with van der Waals surface area (Å²) in [5.74, 6) is 0. The first-order chi connectivity index (χ1) is 10.1. The van der Waals surface area contributed by atoms with Crippen LogP contribution in [-0.2, 0) is 19.3 Å². The number of hydrogen-bond acceptors (Lipinski definition) is 0. The van der Waals surface area contributed by atoms with E-state index < -0.39 is 0 Å². The predicted molar refractivity (Wildman–Crippen MR) is 93.5 cm³/mol. The Kier molecular flexibility index (Phi) is 5.47. The van der Waals surface area contributed by atoms with Crippen molar-refractivity contribution < 1.29 is 0 Å².